The number of hydrogen-bond acceptors (Lipinski definition) is 3. The van der Waals surface area contributed by atoms with E-state index in [1.807, 2.05) is 6.07 Å². The molecule has 2 aromatic rings. The highest BCUT2D eigenvalue weighted by atomic mass is 19.4. The highest BCUT2D eigenvalue weighted by Crippen LogP contribution is 2.37. The molecule has 2 atom stereocenters. The number of benzene rings is 1. The predicted molar refractivity (Wildman–Crippen MR) is 81.3 cm³/mol. The van der Waals surface area contributed by atoms with Gasteiger partial charge in [-0.25, -0.2) is 4.98 Å². The van der Waals surface area contributed by atoms with Crippen LogP contribution < -0.4 is 0 Å². The van der Waals surface area contributed by atoms with E-state index in [4.69, 9.17) is 0 Å². The lowest BCUT2D eigenvalue weighted by molar-refractivity contribution is -0.272. The third-order valence-corrected chi connectivity index (χ3v) is 4.57. The molecule has 2 unspecified atom stereocenters. The number of alkyl halides is 3. The molecule has 3 rings (SSSR count). The van der Waals surface area contributed by atoms with Crippen molar-refractivity contribution in [2.75, 3.05) is 13.1 Å². The van der Waals surface area contributed by atoms with E-state index in [2.05, 4.69) is 4.98 Å². The van der Waals surface area contributed by atoms with Gasteiger partial charge < -0.3 is 14.6 Å². The molecular weight excluding hydrogens is 323 g/mol. The van der Waals surface area contributed by atoms with E-state index in [0.717, 1.165) is 10.4 Å². The first-order valence-electron chi connectivity index (χ1n) is 7.72. The van der Waals surface area contributed by atoms with E-state index in [1.54, 1.807) is 29.7 Å². The van der Waals surface area contributed by atoms with Crippen molar-refractivity contribution in [2.45, 2.75) is 37.6 Å². The number of β-amino-alcohol motifs (C(OH)–C–C–N with tert-alkyl or cyclic N) is 1. The summed E-state index contributed by atoms with van der Waals surface area (Å²) in [5.74, 6) is -0.458. The molecule has 1 aromatic heterocycles. The number of hydrogen-bond donors (Lipinski definition) is 1. The van der Waals surface area contributed by atoms with Crippen LogP contribution in [-0.4, -0.2) is 50.3 Å². The molecule has 0 bridgehead atoms. The van der Waals surface area contributed by atoms with Crippen LogP contribution in [0.4, 0.5) is 13.2 Å². The van der Waals surface area contributed by atoms with Gasteiger partial charge in [0, 0.05) is 6.54 Å². The Labute approximate surface area is 136 Å². The number of likely N-dealkylation sites (tertiary alicyclic amines) is 1. The maximum absolute atomic E-state index is 13.0. The lowest BCUT2D eigenvalue weighted by Gasteiger charge is -2.41. The van der Waals surface area contributed by atoms with Gasteiger partial charge in [0.1, 0.15) is 6.04 Å². The summed E-state index contributed by atoms with van der Waals surface area (Å²) in [6.07, 6.45) is -3.52. The van der Waals surface area contributed by atoms with Crippen LogP contribution in [0, 0.1) is 0 Å². The molecule has 1 fully saturated rings. The van der Waals surface area contributed by atoms with E-state index >= 15 is 0 Å². The lowest BCUT2D eigenvalue weighted by Crippen LogP contribution is -2.58. The summed E-state index contributed by atoms with van der Waals surface area (Å²) < 4.78 is 40.8. The van der Waals surface area contributed by atoms with Gasteiger partial charge in [0.2, 0.25) is 5.91 Å². The Morgan fingerprint density at radius 1 is 1.38 bits per heavy atom. The van der Waals surface area contributed by atoms with Gasteiger partial charge in [0.25, 0.3) is 0 Å². The largest absolute Gasteiger partial charge is 0.418 e. The van der Waals surface area contributed by atoms with Crippen LogP contribution in [-0.2, 0) is 4.79 Å². The molecule has 8 heteroatoms. The number of fused-ring (bicyclic) bond motifs is 1. The Balaban J connectivity index is 1.83. The van der Waals surface area contributed by atoms with Crippen molar-refractivity contribution in [1.29, 1.82) is 0 Å². The highest BCUT2D eigenvalue weighted by molar-refractivity contribution is 5.83. The fourth-order valence-electron chi connectivity index (χ4n) is 3.13. The first-order valence-corrected chi connectivity index (χ1v) is 7.72. The van der Waals surface area contributed by atoms with Crippen molar-refractivity contribution < 1.29 is 23.1 Å². The molecule has 0 spiro atoms. The van der Waals surface area contributed by atoms with E-state index in [1.165, 1.54) is 6.33 Å². The Morgan fingerprint density at radius 2 is 2.08 bits per heavy atom. The monoisotopic (exact) mass is 341 g/mol. The number of imidazole rings is 1. The Morgan fingerprint density at radius 3 is 2.79 bits per heavy atom. The average molecular weight is 341 g/mol. The van der Waals surface area contributed by atoms with E-state index < -0.39 is 30.3 Å². The van der Waals surface area contributed by atoms with Gasteiger partial charge in [-0.1, -0.05) is 12.1 Å². The van der Waals surface area contributed by atoms with E-state index in [0.29, 0.717) is 5.52 Å². The predicted octanol–water partition coefficient (Wildman–Crippen LogP) is 2.51. The number of piperidine rings is 1. The second-order valence-corrected chi connectivity index (χ2v) is 6.21. The summed E-state index contributed by atoms with van der Waals surface area (Å²) in [5, 5.41) is 9.87. The third kappa shape index (κ3) is 2.75. The van der Waals surface area contributed by atoms with Crippen molar-refractivity contribution in [1.82, 2.24) is 14.5 Å². The number of halogens is 3. The zero-order valence-electron chi connectivity index (χ0n) is 13.1. The average Bonchev–Trinajstić information content (AvgIpc) is 2.96. The summed E-state index contributed by atoms with van der Waals surface area (Å²) in [4.78, 5) is 17.9. The number of nitrogens with zero attached hydrogens (tertiary/aromatic N) is 3. The molecule has 1 saturated heterocycles. The SMILES string of the molecule is CC(C(=O)N1CCCC(O)(C(F)(F)F)C1)n1cnc2ccccc21. The number of carbonyl (C=O) groups is 1. The summed E-state index contributed by atoms with van der Waals surface area (Å²) in [7, 11) is 0. The molecule has 1 N–H and O–H groups in total. The van der Waals surface area contributed by atoms with Crippen molar-refractivity contribution in [2.24, 2.45) is 0 Å². The van der Waals surface area contributed by atoms with E-state index in [9.17, 15) is 23.1 Å². The number of aliphatic hydroxyl groups is 1. The van der Waals surface area contributed by atoms with Gasteiger partial charge in [-0.15, -0.1) is 0 Å². The number of para-hydroxylation sites is 2. The van der Waals surface area contributed by atoms with Gasteiger partial charge in [0.15, 0.2) is 5.60 Å². The van der Waals surface area contributed by atoms with Gasteiger partial charge in [-0.2, -0.15) is 13.2 Å². The zero-order chi connectivity index (χ0) is 17.5. The minimum Gasteiger partial charge on any atom is -0.379 e. The maximum atomic E-state index is 13.0. The molecule has 0 radical (unpaired) electrons. The first kappa shape index (κ1) is 16.8. The number of amides is 1. The molecule has 5 nitrogen and oxygen atoms in total. The van der Waals surface area contributed by atoms with Crippen molar-refractivity contribution in [3.63, 3.8) is 0 Å². The molecule has 1 amide bonds. The molecule has 1 aliphatic heterocycles. The number of rotatable bonds is 2. The first-order chi connectivity index (χ1) is 11.2. The van der Waals surface area contributed by atoms with Gasteiger partial charge in [-0.05, 0) is 31.9 Å². The van der Waals surface area contributed by atoms with Crippen LogP contribution in [0.3, 0.4) is 0 Å². The molecule has 1 aliphatic rings. The summed E-state index contributed by atoms with van der Waals surface area (Å²) >= 11 is 0. The fraction of sp³-hybridized carbons (Fsp3) is 0.500. The van der Waals surface area contributed by atoms with Gasteiger partial charge in [0.05, 0.1) is 23.9 Å². The van der Waals surface area contributed by atoms with Crippen LogP contribution in [0.1, 0.15) is 25.8 Å². The van der Waals surface area contributed by atoms with Crippen LogP contribution >= 0.6 is 0 Å². The molecule has 130 valence electrons. The smallest absolute Gasteiger partial charge is 0.379 e. The quantitative estimate of drug-likeness (QED) is 0.913. The minimum atomic E-state index is -4.75. The lowest BCUT2D eigenvalue weighted by atomic mass is 9.92. The summed E-state index contributed by atoms with van der Waals surface area (Å²) in [5.41, 5.74) is -1.39. The highest BCUT2D eigenvalue weighted by Gasteiger charge is 2.56. The molecule has 1 aromatic carbocycles. The molecule has 24 heavy (non-hydrogen) atoms. The van der Waals surface area contributed by atoms with Crippen LogP contribution in [0.25, 0.3) is 11.0 Å². The Bertz CT molecular complexity index is 758. The normalized spacial score (nSPS) is 23.5. The van der Waals surface area contributed by atoms with Crippen LogP contribution in [0.15, 0.2) is 30.6 Å². The standard InChI is InChI=1S/C16H18F3N3O2/c1-11(22-10-20-12-5-2-3-6-13(12)22)14(23)21-8-4-7-15(24,9-21)16(17,18)19/h2-3,5-6,10-11,24H,4,7-9H2,1H3. The maximum Gasteiger partial charge on any atom is 0.418 e. The van der Waals surface area contributed by atoms with Crippen molar-refractivity contribution in [3.05, 3.63) is 30.6 Å². The van der Waals surface area contributed by atoms with Gasteiger partial charge in [-0.3, -0.25) is 4.79 Å². The molecular formula is C16H18F3N3O2. The molecule has 2 heterocycles. The number of carbonyl (C=O) groups excluding carboxylic acids is 1. The zero-order valence-corrected chi connectivity index (χ0v) is 13.1. The topological polar surface area (TPSA) is 58.4 Å². The second-order valence-electron chi connectivity index (χ2n) is 6.21. The minimum absolute atomic E-state index is 0.110. The molecule has 0 aliphatic carbocycles. The Hall–Kier alpha value is -2.09. The van der Waals surface area contributed by atoms with Crippen molar-refractivity contribution in [3.8, 4) is 0 Å². The summed E-state index contributed by atoms with van der Waals surface area (Å²) in [6, 6.07) is 6.52. The summed E-state index contributed by atoms with van der Waals surface area (Å²) in [6.45, 7) is 1.10. The van der Waals surface area contributed by atoms with Crippen LogP contribution in [0.5, 0.6) is 0 Å². The molecule has 0 saturated carbocycles. The fourth-order valence-corrected chi connectivity index (χ4v) is 3.13. The van der Waals surface area contributed by atoms with Crippen LogP contribution in [0.2, 0.25) is 0 Å². The van der Waals surface area contributed by atoms with E-state index in [-0.39, 0.29) is 19.4 Å². The number of aromatic nitrogens is 2. The van der Waals surface area contributed by atoms with Crippen molar-refractivity contribution >= 4 is 16.9 Å². The Kier molecular flexibility index (Phi) is 4.03. The van der Waals surface area contributed by atoms with Gasteiger partial charge >= 0.3 is 6.18 Å². The third-order valence-electron chi connectivity index (χ3n) is 4.57. The second kappa shape index (κ2) is 5.77.